The van der Waals surface area contributed by atoms with Crippen LogP contribution in [0.15, 0.2) is 11.1 Å². The van der Waals surface area contributed by atoms with Crippen molar-refractivity contribution in [1.82, 2.24) is 0 Å². The third-order valence-corrected chi connectivity index (χ3v) is 0.877. The number of aliphatic imine (C=N–C) groups is 1. The zero-order valence-electron chi connectivity index (χ0n) is 4.40. The predicted molar refractivity (Wildman–Crippen MR) is 28.5 cm³/mol. The fourth-order valence-corrected chi connectivity index (χ4v) is 0.393. The summed E-state index contributed by atoms with van der Waals surface area (Å²) < 4.78 is 0. The molecule has 0 amide bonds. The van der Waals surface area contributed by atoms with E-state index in [1.807, 2.05) is 0 Å². The van der Waals surface area contributed by atoms with E-state index in [1.54, 1.807) is 0 Å². The van der Waals surface area contributed by atoms with Crippen LogP contribution in [-0.4, -0.2) is 28.0 Å². The van der Waals surface area contributed by atoms with Gasteiger partial charge in [-0.15, -0.1) is 0 Å². The number of aliphatic hydroxyl groups is 2. The van der Waals surface area contributed by atoms with E-state index >= 15 is 0 Å². The van der Waals surface area contributed by atoms with Crippen molar-refractivity contribution in [3.8, 4) is 0 Å². The highest BCUT2D eigenvalue weighted by atomic mass is 16.5. The molecule has 1 rings (SSSR count). The van der Waals surface area contributed by atoms with Crippen LogP contribution in [0, 0.1) is 6.20 Å². The van der Waals surface area contributed by atoms with Crippen molar-refractivity contribution >= 4 is 12.0 Å². The third kappa shape index (κ3) is 1.04. The summed E-state index contributed by atoms with van der Waals surface area (Å²) >= 11 is 0. The van der Waals surface area contributed by atoms with Crippen LogP contribution in [0.1, 0.15) is 0 Å². The molecular weight excluding hydrogens is 122 g/mol. The second-order valence-electron chi connectivity index (χ2n) is 1.62. The number of ketones is 1. The van der Waals surface area contributed by atoms with E-state index in [-0.39, 0.29) is 0 Å². The molecule has 1 aliphatic rings. The van der Waals surface area contributed by atoms with E-state index in [4.69, 9.17) is 10.2 Å². The fourth-order valence-electron chi connectivity index (χ4n) is 0.393. The minimum absolute atomic E-state index is 0.718. The average Bonchev–Trinajstić information content (AvgIpc) is 1.77. The monoisotopic (exact) mass is 126 g/mol. The quantitative estimate of drug-likeness (QED) is 0.394. The summed E-state index contributed by atoms with van der Waals surface area (Å²) in [5.41, 5.74) is 0. The van der Waals surface area contributed by atoms with Gasteiger partial charge >= 0.3 is 0 Å². The van der Waals surface area contributed by atoms with Gasteiger partial charge in [-0.1, -0.05) is 0 Å². The van der Waals surface area contributed by atoms with Gasteiger partial charge in [0, 0.05) is 6.08 Å². The number of carbonyl (C=O) groups is 1. The predicted octanol–water partition coefficient (Wildman–Crippen LogP) is -1.36. The summed E-state index contributed by atoms with van der Waals surface area (Å²) in [4.78, 5) is 13.6. The molecule has 0 atom stereocenters. The van der Waals surface area contributed by atoms with Gasteiger partial charge in [-0.2, -0.15) is 0 Å². The Morgan fingerprint density at radius 2 is 2.33 bits per heavy atom. The van der Waals surface area contributed by atoms with Crippen LogP contribution in [0.2, 0.25) is 0 Å². The molecule has 0 spiro atoms. The average molecular weight is 126 g/mol. The first-order valence-electron chi connectivity index (χ1n) is 2.25. The molecule has 0 aliphatic carbocycles. The van der Waals surface area contributed by atoms with E-state index in [0.717, 1.165) is 12.3 Å². The van der Waals surface area contributed by atoms with Crippen molar-refractivity contribution in [2.24, 2.45) is 4.99 Å². The first-order valence-corrected chi connectivity index (χ1v) is 2.25. The summed E-state index contributed by atoms with van der Waals surface area (Å²) in [5.74, 6) is -3.23. The zero-order chi connectivity index (χ0) is 6.91. The van der Waals surface area contributed by atoms with Gasteiger partial charge in [-0.25, -0.2) is 0 Å². The molecule has 4 heteroatoms. The number of rotatable bonds is 0. The highest BCUT2D eigenvalue weighted by Gasteiger charge is 2.30. The van der Waals surface area contributed by atoms with Gasteiger partial charge < -0.3 is 10.2 Å². The molecule has 0 saturated carbocycles. The van der Waals surface area contributed by atoms with Crippen molar-refractivity contribution in [2.75, 3.05) is 0 Å². The number of nitrogens with zero attached hydrogens (tertiary/aromatic N) is 1. The van der Waals surface area contributed by atoms with Gasteiger partial charge in [0.05, 0.1) is 12.4 Å². The van der Waals surface area contributed by atoms with Crippen LogP contribution in [0.5, 0.6) is 0 Å². The lowest BCUT2D eigenvalue weighted by molar-refractivity contribution is -0.152. The molecule has 0 aromatic carbocycles. The van der Waals surface area contributed by atoms with E-state index in [9.17, 15) is 4.79 Å². The van der Waals surface area contributed by atoms with Crippen molar-refractivity contribution < 1.29 is 15.0 Å². The summed E-state index contributed by atoms with van der Waals surface area (Å²) in [6, 6.07) is 0. The largest absolute Gasteiger partial charge is 0.355 e. The van der Waals surface area contributed by atoms with Crippen LogP contribution in [-0.2, 0) is 4.79 Å². The minimum atomic E-state index is -2.41. The van der Waals surface area contributed by atoms with Crippen molar-refractivity contribution in [2.45, 2.75) is 5.79 Å². The number of hydrogen-bond donors (Lipinski definition) is 2. The Balaban J connectivity index is 2.91. The van der Waals surface area contributed by atoms with Crippen LogP contribution in [0.4, 0.5) is 0 Å². The van der Waals surface area contributed by atoms with Crippen molar-refractivity contribution in [3.05, 3.63) is 12.3 Å². The second-order valence-corrected chi connectivity index (χ2v) is 1.62. The summed E-state index contributed by atoms with van der Waals surface area (Å²) in [6.07, 6.45) is 3.76. The molecule has 47 valence electrons. The molecule has 0 aromatic heterocycles. The van der Waals surface area contributed by atoms with Gasteiger partial charge in [0.2, 0.25) is 5.78 Å². The standard InChI is InChI=1S/C5H4NO3/c7-4-1-2-6-3-5(4,8)9/h1,3,8-9H. The van der Waals surface area contributed by atoms with Crippen LogP contribution in [0.25, 0.3) is 0 Å². The zero-order valence-corrected chi connectivity index (χ0v) is 4.40. The highest BCUT2D eigenvalue weighted by Crippen LogP contribution is 2.02. The summed E-state index contributed by atoms with van der Waals surface area (Å²) in [5, 5.41) is 17.3. The van der Waals surface area contributed by atoms with Crippen LogP contribution < -0.4 is 0 Å². The maximum atomic E-state index is 10.4. The van der Waals surface area contributed by atoms with Gasteiger partial charge in [-0.05, 0) is 0 Å². The van der Waals surface area contributed by atoms with Crippen molar-refractivity contribution in [1.29, 1.82) is 0 Å². The maximum absolute atomic E-state index is 10.4. The van der Waals surface area contributed by atoms with E-state index in [0.29, 0.717) is 0 Å². The third-order valence-electron chi connectivity index (χ3n) is 0.877. The lowest BCUT2D eigenvalue weighted by Crippen LogP contribution is -2.40. The van der Waals surface area contributed by atoms with Crippen LogP contribution >= 0.6 is 0 Å². The Hall–Kier alpha value is -1.00. The molecule has 0 unspecified atom stereocenters. The Morgan fingerprint density at radius 1 is 1.67 bits per heavy atom. The highest BCUT2D eigenvalue weighted by molar-refractivity contribution is 6.08. The van der Waals surface area contributed by atoms with E-state index in [2.05, 4.69) is 11.2 Å². The van der Waals surface area contributed by atoms with Crippen LogP contribution in [0.3, 0.4) is 0 Å². The van der Waals surface area contributed by atoms with Gasteiger partial charge in [0.25, 0.3) is 5.79 Å². The van der Waals surface area contributed by atoms with Gasteiger partial charge in [0.15, 0.2) is 0 Å². The van der Waals surface area contributed by atoms with E-state index in [1.165, 1.54) is 0 Å². The molecule has 0 saturated heterocycles. The first kappa shape index (κ1) is 6.12. The summed E-state index contributed by atoms with van der Waals surface area (Å²) in [7, 11) is 0. The molecule has 2 N–H and O–H groups in total. The Morgan fingerprint density at radius 3 is 2.67 bits per heavy atom. The van der Waals surface area contributed by atoms with Gasteiger partial charge in [-0.3, -0.25) is 9.79 Å². The Bertz CT molecular complexity index is 192. The fraction of sp³-hybridized carbons (Fsp3) is 0.200. The van der Waals surface area contributed by atoms with E-state index < -0.39 is 11.6 Å². The SMILES string of the molecule is O=C1C=[C]N=CC1(O)O. The number of hydrogen-bond acceptors (Lipinski definition) is 4. The topological polar surface area (TPSA) is 69.9 Å². The molecule has 1 aliphatic heterocycles. The lowest BCUT2D eigenvalue weighted by atomic mass is 10.1. The van der Waals surface area contributed by atoms with Crippen molar-refractivity contribution in [3.63, 3.8) is 0 Å². The first-order chi connectivity index (χ1) is 4.13. The molecular formula is C5H4NO3. The normalized spacial score (nSPS) is 22.7. The molecule has 9 heavy (non-hydrogen) atoms. The molecule has 4 nitrogen and oxygen atoms in total. The molecule has 1 heterocycles. The molecule has 0 fully saturated rings. The number of carbonyl (C=O) groups excluding carboxylic acids is 1. The molecule has 0 bridgehead atoms. The molecule has 1 radical (unpaired) electrons. The molecule has 0 aromatic rings. The lowest BCUT2D eigenvalue weighted by Gasteiger charge is -2.12. The smallest absolute Gasteiger partial charge is 0.266 e. The summed E-state index contributed by atoms with van der Waals surface area (Å²) in [6.45, 7) is 0. The Labute approximate surface area is 51.1 Å². The minimum Gasteiger partial charge on any atom is -0.355 e. The van der Waals surface area contributed by atoms with Gasteiger partial charge in [0.1, 0.15) is 0 Å². The maximum Gasteiger partial charge on any atom is 0.266 e. The second kappa shape index (κ2) is 1.75. The Kier molecular flexibility index (Phi) is 1.19.